The maximum Gasteiger partial charge on any atom is 0.295 e. The van der Waals surface area contributed by atoms with Crippen molar-refractivity contribution in [3.63, 3.8) is 0 Å². The second kappa shape index (κ2) is 9.46. The third-order valence-corrected chi connectivity index (χ3v) is 11.0. The van der Waals surface area contributed by atoms with Crippen LogP contribution < -0.4 is 0 Å². The summed E-state index contributed by atoms with van der Waals surface area (Å²) in [6, 6.07) is 0. The van der Waals surface area contributed by atoms with Crippen molar-refractivity contribution in [1.29, 1.82) is 0 Å². The average Bonchev–Trinajstić information content (AvgIpc) is 3.28. The molecule has 16 heteroatoms. The molecule has 3 saturated carbocycles. The van der Waals surface area contributed by atoms with E-state index >= 15 is 0 Å². The maximum absolute atomic E-state index is 14.0. The number of ketones is 1. The lowest BCUT2D eigenvalue weighted by molar-refractivity contribution is -0.800. The lowest BCUT2D eigenvalue weighted by Gasteiger charge is -2.64. The number of hydroxylamine groups is 2. The van der Waals surface area contributed by atoms with E-state index in [2.05, 4.69) is 0 Å². The first-order chi connectivity index (χ1) is 19.0. The van der Waals surface area contributed by atoms with E-state index in [9.17, 15) is 40.3 Å². The summed E-state index contributed by atoms with van der Waals surface area (Å²) in [7, 11) is 0. The third kappa shape index (κ3) is 4.08. The highest BCUT2D eigenvalue weighted by molar-refractivity contribution is 5.91. The molecule has 0 aromatic rings. The summed E-state index contributed by atoms with van der Waals surface area (Å²) in [6.07, 6.45) is 2.59. The van der Waals surface area contributed by atoms with Gasteiger partial charge in [0.05, 0.1) is 6.61 Å². The van der Waals surface area contributed by atoms with E-state index in [1.54, 1.807) is 13.0 Å². The molecular weight excluding hydrogens is 548 g/mol. The number of ether oxygens (including phenoxy) is 1. The molecule has 228 valence electrons. The van der Waals surface area contributed by atoms with Crippen LogP contribution in [0.15, 0.2) is 11.6 Å². The Morgan fingerprint density at radius 3 is 2.32 bits per heavy atom. The molecule has 0 radical (unpaired) electrons. The molecule has 0 aromatic carbocycles. The van der Waals surface area contributed by atoms with Crippen LogP contribution in [0.1, 0.15) is 72.6 Å². The Labute approximate surface area is 235 Å². The summed E-state index contributed by atoms with van der Waals surface area (Å²) in [4.78, 5) is 63.1. The summed E-state index contributed by atoms with van der Waals surface area (Å²) in [5.41, 5.74) is -6.65. The molecule has 1 aliphatic heterocycles. The molecule has 0 N–H and O–H groups in total. The van der Waals surface area contributed by atoms with Crippen LogP contribution in [0.2, 0.25) is 0 Å². The Morgan fingerprint density at radius 2 is 1.73 bits per heavy atom. The number of carbonyl (C=O) groups excluding carboxylic acids is 1. The van der Waals surface area contributed by atoms with E-state index in [0.29, 0.717) is 37.2 Å². The first kappa shape index (κ1) is 29.4. The van der Waals surface area contributed by atoms with Crippen LogP contribution in [-0.2, 0) is 24.0 Å². The first-order valence-corrected chi connectivity index (χ1v) is 13.8. The number of hydrogen-bond acceptors (Lipinski definition) is 13. The fourth-order valence-electron chi connectivity index (χ4n) is 9.38. The third-order valence-electron chi connectivity index (χ3n) is 11.0. The molecule has 0 amide bonds. The summed E-state index contributed by atoms with van der Waals surface area (Å²) >= 11 is 0. The highest BCUT2D eigenvalue weighted by Gasteiger charge is 2.77. The first-order valence-electron chi connectivity index (χ1n) is 13.8. The van der Waals surface area contributed by atoms with Crippen molar-refractivity contribution < 1.29 is 39.3 Å². The fourth-order valence-corrected chi connectivity index (χ4v) is 9.38. The molecule has 41 heavy (non-hydrogen) atoms. The van der Waals surface area contributed by atoms with Gasteiger partial charge >= 0.3 is 0 Å². The van der Waals surface area contributed by atoms with Crippen LogP contribution in [0.25, 0.3) is 0 Å². The van der Waals surface area contributed by atoms with Gasteiger partial charge in [0, 0.05) is 17.4 Å². The highest BCUT2D eigenvalue weighted by Crippen LogP contribution is 2.71. The van der Waals surface area contributed by atoms with E-state index < -0.39 is 55.7 Å². The van der Waals surface area contributed by atoms with Crippen molar-refractivity contribution in [2.24, 2.45) is 28.6 Å². The van der Waals surface area contributed by atoms with Gasteiger partial charge in [-0.15, -0.1) is 30.3 Å². The summed E-state index contributed by atoms with van der Waals surface area (Å²) < 4.78 is 6.02. The van der Waals surface area contributed by atoms with Crippen molar-refractivity contribution in [1.82, 2.24) is 5.06 Å². The molecule has 0 spiro atoms. The van der Waals surface area contributed by atoms with Crippen molar-refractivity contribution in [2.75, 3.05) is 13.2 Å². The molecule has 5 rings (SSSR count). The number of nitrogens with zero attached hydrogens (tertiary/aromatic N) is 4. The quantitative estimate of drug-likeness (QED) is 0.297. The van der Waals surface area contributed by atoms with Gasteiger partial charge in [-0.3, -0.25) is 4.79 Å². The van der Waals surface area contributed by atoms with Crippen molar-refractivity contribution >= 4 is 5.78 Å². The van der Waals surface area contributed by atoms with E-state index in [1.807, 2.05) is 6.92 Å². The maximum atomic E-state index is 14.0. The predicted molar refractivity (Wildman–Crippen MR) is 136 cm³/mol. The number of hydrogen-bond donors (Lipinski definition) is 0. The fraction of sp³-hybridized carbons (Fsp3) is 0.880. The Kier molecular flexibility index (Phi) is 6.78. The van der Waals surface area contributed by atoms with Gasteiger partial charge in [0.2, 0.25) is 0 Å². The molecule has 5 aliphatic rings. The standard InChI is InChI=1S/C25H35N4O12/c1-21(2)13-38-25(26(21)31,14-39-27(32)33)24(41-29(36)37)10-8-18-17-6-5-15-11-16(30)7-9-22(15,3)20(17)19(40-28(34)35)12-23(18,24)4/h11,17-20H,5-10,12-14H2,1-4H3/q-1/t17?,18?,19-,20?,22-,23-,24+,25?/m0/s1. The molecule has 4 unspecified atom stereocenters. The Hall–Kier alpha value is -3.11. The second-order valence-corrected chi connectivity index (χ2v) is 13.2. The van der Waals surface area contributed by atoms with Crippen molar-refractivity contribution in [2.45, 2.75) is 95.6 Å². The number of rotatable bonds is 8. The van der Waals surface area contributed by atoms with Crippen molar-refractivity contribution in [3.8, 4) is 0 Å². The van der Waals surface area contributed by atoms with Crippen LogP contribution in [0.5, 0.6) is 0 Å². The van der Waals surface area contributed by atoms with Gasteiger partial charge in [-0.1, -0.05) is 19.4 Å². The van der Waals surface area contributed by atoms with E-state index in [0.717, 1.165) is 5.57 Å². The lowest BCUT2D eigenvalue weighted by atomic mass is 9.45. The van der Waals surface area contributed by atoms with Gasteiger partial charge < -0.3 is 29.5 Å². The zero-order chi connectivity index (χ0) is 30.2. The molecule has 1 saturated heterocycles. The molecular formula is C25H35N4O12-. The SMILES string of the molecule is CC1(C)COC(CO[N+](=O)[O-])([C@@]2(O[N+](=O)[O-])CCC3C4CCC5=CC(=O)CC[C@]5(C)C4[C@@H](O[N+](=O)[O-])C[C@@]32C)N1[O-]. The second-order valence-electron chi connectivity index (χ2n) is 13.2. The molecule has 0 aromatic heterocycles. The summed E-state index contributed by atoms with van der Waals surface area (Å²) in [5.74, 6) is -0.967. The van der Waals surface area contributed by atoms with E-state index in [4.69, 9.17) is 19.2 Å². The Bertz CT molecular complexity index is 1200. The van der Waals surface area contributed by atoms with Gasteiger partial charge in [0.25, 0.3) is 15.3 Å². The predicted octanol–water partition coefficient (Wildman–Crippen LogP) is 3.17. The van der Waals surface area contributed by atoms with Gasteiger partial charge in [0.15, 0.2) is 17.1 Å². The minimum atomic E-state index is -2.31. The highest BCUT2D eigenvalue weighted by atomic mass is 17.0. The van der Waals surface area contributed by atoms with Crippen LogP contribution >= 0.6 is 0 Å². The zero-order valence-corrected chi connectivity index (χ0v) is 23.4. The average molecular weight is 584 g/mol. The van der Waals surface area contributed by atoms with Crippen LogP contribution in [0.4, 0.5) is 0 Å². The molecule has 0 bridgehead atoms. The smallest absolute Gasteiger partial charge is 0.295 e. The molecule has 4 aliphatic carbocycles. The van der Waals surface area contributed by atoms with Crippen LogP contribution in [-0.4, -0.2) is 62.3 Å². The largest absolute Gasteiger partial charge is 0.783 e. The van der Waals surface area contributed by atoms with Gasteiger partial charge in [-0.2, -0.15) is 0 Å². The lowest BCUT2D eigenvalue weighted by Crippen LogP contribution is -2.74. The molecule has 8 atom stereocenters. The minimum absolute atomic E-state index is 0.00634. The van der Waals surface area contributed by atoms with Gasteiger partial charge in [0.1, 0.15) is 12.7 Å². The zero-order valence-electron chi connectivity index (χ0n) is 23.4. The summed E-state index contributed by atoms with van der Waals surface area (Å²) in [5, 5.41) is 46.7. The number of fused-ring (bicyclic) bond motifs is 5. The van der Waals surface area contributed by atoms with Gasteiger partial charge in [-0.25, -0.2) is 0 Å². The van der Waals surface area contributed by atoms with Crippen LogP contribution in [0, 0.1) is 64.1 Å². The van der Waals surface area contributed by atoms with Gasteiger partial charge in [-0.05, 0) is 81.6 Å². The number of carbonyl (C=O) groups is 1. The van der Waals surface area contributed by atoms with Crippen LogP contribution in [0.3, 0.4) is 0 Å². The molecule has 4 fully saturated rings. The molecule has 1 heterocycles. The number of allylic oxidation sites excluding steroid dienone is 1. The van der Waals surface area contributed by atoms with Crippen molar-refractivity contribution in [3.05, 3.63) is 47.2 Å². The Morgan fingerprint density at radius 1 is 1.02 bits per heavy atom. The summed E-state index contributed by atoms with van der Waals surface area (Å²) in [6.45, 7) is 5.56. The van der Waals surface area contributed by atoms with E-state index in [-0.39, 0.29) is 43.0 Å². The van der Waals surface area contributed by atoms with E-state index in [1.165, 1.54) is 13.8 Å². The normalized spacial score (nSPS) is 43.2. The molecule has 16 nitrogen and oxygen atoms in total. The monoisotopic (exact) mass is 583 g/mol. The Balaban J connectivity index is 1.68. The minimum Gasteiger partial charge on any atom is -0.783 e. The topological polar surface area (TPSA) is 210 Å².